The zero-order valence-corrected chi connectivity index (χ0v) is 20.9. The van der Waals surface area contributed by atoms with Gasteiger partial charge in [-0.05, 0) is 37.1 Å². The number of non-ortho nitro benzene ring substituents is 1. The maximum atomic E-state index is 14.4. The van der Waals surface area contributed by atoms with Crippen molar-refractivity contribution in [1.29, 1.82) is 0 Å². The van der Waals surface area contributed by atoms with Crippen molar-refractivity contribution in [2.24, 2.45) is 13.0 Å². The van der Waals surface area contributed by atoms with Crippen molar-refractivity contribution in [2.75, 3.05) is 18.0 Å². The van der Waals surface area contributed by atoms with Crippen LogP contribution in [0.2, 0.25) is 0 Å². The summed E-state index contributed by atoms with van der Waals surface area (Å²) < 4.78 is 40.3. The van der Waals surface area contributed by atoms with Crippen molar-refractivity contribution in [1.82, 2.24) is 20.0 Å². The van der Waals surface area contributed by atoms with Crippen LogP contribution in [0, 0.1) is 23.0 Å². The molecule has 13 nitrogen and oxygen atoms in total. The van der Waals surface area contributed by atoms with Crippen LogP contribution in [-0.2, 0) is 23.2 Å². The predicted octanol–water partition coefficient (Wildman–Crippen LogP) is 3.75. The van der Waals surface area contributed by atoms with Gasteiger partial charge < -0.3 is 19.5 Å². The van der Waals surface area contributed by atoms with Crippen LogP contribution >= 0.6 is 0 Å². The summed E-state index contributed by atoms with van der Waals surface area (Å²) >= 11 is 0. The fourth-order valence-corrected chi connectivity index (χ4v) is 4.42. The molecule has 1 aromatic carbocycles. The molecule has 2 aromatic heterocycles. The van der Waals surface area contributed by atoms with Crippen molar-refractivity contribution in [3.8, 4) is 17.1 Å². The number of aryl methyl sites for hydroxylation is 2. The van der Waals surface area contributed by atoms with Gasteiger partial charge in [-0.15, -0.1) is 5.10 Å². The van der Waals surface area contributed by atoms with Crippen molar-refractivity contribution in [3.63, 3.8) is 0 Å². The van der Waals surface area contributed by atoms with Gasteiger partial charge in [0, 0.05) is 32.1 Å². The lowest BCUT2D eigenvalue weighted by atomic mass is 9.92. The summed E-state index contributed by atoms with van der Waals surface area (Å²) in [7, 11) is 1.58. The zero-order chi connectivity index (χ0) is 28.3. The standard InChI is InChI=1S/C24H24F2N6O7/c1-14-19(31-11-15(9-21(33)34)10-24(25,26)13-31)8-7-18(27-14)22-20(30(2)29-28-22)12-38-23(35)39-17-5-3-16(4-6-17)32(36)37/h3-8,15H,9-13H2,1-2H3,(H,33,34). The summed E-state index contributed by atoms with van der Waals surface area (Å²) in [5.74, 6) is -4.82. The number of carbonyl (C=O) groups excluding carboxylic acids is 1. The Morgan fingerprint density at radius 3 is 2.59 bits per heavy atom. The second-order valence-electron chi connectivity index (χ2n) is 9.11. The zero-order valence-electron chi connectivity index (χ0n) is 20.9. The molecule has 39 heavy (non-hydrogen) atoms. The molecule has 1 unspecified atom stereocenters. The van der Waals surface area contributed by atoms with Crippen molar-refractivity contribution in [2.45, 2.75) is 32.3 Å². The topological polar surface area (TPSA) is 163 Å². The van der Waals surface area contributed by atoms with Gasteiger partial charge in [-0.1, -0.05) is 5.21 Å². The van der Waals surface area contributed by atoms with E-state index in [0.717, 1.165) is 0 Å². The van der Waals surface area contributed by atoms with Gasteiger partial charge >= 0.3 is 12.1 Å². The summed E-state index contributed by atoms with van der Waals surface area (Å²) in [6.45, 7) is 0.963. The van der Waals surface area contributed by atoms with E-state index in [1.54, 1.807) is 26.1 Å². The molecule has 1 aliphatic heterocycles. The summed E-state index contributed by atoms with van der Waals surface area (Å²) in [5, 5.41) is 27.8. The van der Waals surface area contributed by atoms with Gasteiger partial charge in [0.05, 0.1) is 35.0 Å². The molecule has 3 aromatic rings. The molecular formula is C24H24F2N6O7. The van der Waals surface area contributed by atoms with Crippen LogP contribution in [-0.4, -0.2) is 61.1 Å². The first-order valence-electron chi connectivity index (χ1n) is 11.7. The molecule has 0 amide bonds. The molecule has 0 spiro atoms. The van der Waals surface area contributed by atoms with Crippen LogP contribution in [0.1, 0.15) is 24.2 Å². The summed E-state index contributed by atoms with van der Waals surface area (Å²) in [5.41, 5.74) is 1.74. The van der Waals surface area contributed by atoms with Gasteiger partial charge in [0.15, 0.2) is 0 Å². The maximum Gasteiger partial charge on any atom is 0.514 e. The van der Waals surface area contributed by atoms with Crippen LogP contribution in [0.15, 0.2) is 36.4 Å². The first kappa shape index (κ1) is 27.3. The van der Waals surface area contributed by atoms with E-state index in [1.165, 1.54) is 33.8 Å². The minimum atomic E-state index is -3.04. The third-order valence-electron chi connectivity index (χ3n) is 6.11. The molecule has 206 valence electrons. The van der Waals surface area contributed by atoms with Gasteiger partial charge in [0.2, 0.25) is 0 Å². The van der Waals surface area contributed by atoms with E-state index < -0.39 is 41.9 Å². The molecule has 1 fully saturated rings. The number of anilines is 1. The van der Waals surface area contributed by atoms with E-state index in [-0.39, 0.29) is 31.0 Å². The Morgan fingerprint density at radius 2 is 1.95 bits per heavy atom. The molecule has 1 saturated heterocycles. The highest BCUT2D eigenvalue weighted by molar-refractivity contribution is 5.68. The highest BCUT2D eigenvalue weighted by Crippen LogP contribution is 2.36. The van der Waals surface area contributed by atoms with E-state index >= 15 is 0 Å². The number of nitrogens with zero attached hydrogens (tertiary/aromatic N) is 6. The number of carbonyl (C=O) groups is 2. The quantitative estimate of drug-likeness (QED) is 0.189. The minimum Gasteiger partial charge on any atom is -0.481 e. The van der Waals surface area contributed by atoms with Gasteiger partial charge in [-0.3, -0.25) is 14.9 Å². The van der Waals surface area contributed by atoms with Gasteiger partial charge in [0.1, 0.15) is 23.7 Å². The molecule has 1 atom stereocenters. The van der Waals surface area contributed by atoms with Crippen LogP contribution in [0.5, 0.6) is 5.75 Å². The lowest BCUT2D eigenvalue weighted by Crippen LogP contribution is -2.48. The number of aromatic nitrogens is 4. The number of nitro groups is 1. The number of hydrogen-bond acceptors (Lipinski definition) is 10. The van der Waals surface area contributed by atoms with E-state index in [4.69, 9.17) is 14.6 Å². The number of aliphatic carboxylic acids is 1. The van der Waals surface area contributed by atoms with Crippen LogP contribution in [0.4, 0.5) is 25.0 Å². The number of nitro benzene ring substituents is 1. The highest BCUT2D eigenvalue weighted by Gasteiger charge is 2.41. The van der Waals surface area contributed by atoms with E-state index in [9.17, 15) is 28.5 Å². The number of hydrogen-bond donors (Lipinski definition) is 1. The summed E-state index contributed by atoms with van der Waals surface area (Å²) in [6.07, 6.45) is -1.90. The fraction of sp³-hybridized carbons (Fsp3) is 0.375. The van der Waals surface area contributed by atoms with Crippen molar-refractivity contribution < 1.29 is 37.9 Å². The van der Waals surface area contributed by atoms with Crippen LogP contribution in [0.25, 0.3) is 11.4 Å². The number of pyridine rings is 1. The number of alkyl halides is 2. The van der Waals surface area contributed by atoms with E-state index in [0.29, 0.717) is 28.5 Å². The molecule has 3 heterocycles. The molecule has 0 saturated carbocycles. The highest BCUT2D eigenvalue weighted by atomic mass is 19.3. The Morgan fingerprint density at radius 1 is 1.23 bits per heavy atom. The number of piperidine rings is 1. The van der Waals surface area contributed by atoms with E-state index in [2.05, 4.69) is 15.3 Å². The smallest absolute Gasteiger partial charge is 0.481 e. The Labute approximate surface area is 220 Å². The predicted molar refractivity (Wildman–Crippen MR) is 130 cm³/mol. The average molecular weight is 546 g/mol. The third kappa shape index (κ3) is 6.61. The number of ether oxygens (including phenoxy) is 2. The van der Waals surface area contributed by atoms with E-state index in [1.807, 2.05) is 0 Å². The first-order valence-corrected chi connectivity index (χ1v) is 11.7. The molecule has 1 aliphatic rings. The fourth-order valence-electron chi connectivity index (χ4n) is 4.42. The van der Waals surface area contributed by atoms with Crippen LogP contribution < -0.4 is 9.64 Å². The molecule has 1 N–H and O–H groups in total. The third-order valence-corrected chi connectivity index (χ3v) is 6.11. The summed E-state index contributed by atoms with van der Waals surface area (Å²) in [4.78, 5) is 39.4. The molecule has 15 heteroatoms. The first-order chi connectivity index (χ1) is 18.4. The SMILES string of the molecule is Cc1nc(-c2nnn(C)c2COC(=O)Oc2ccc([N+](=O)[O-])cc2)ccc1N1CC(CC(=O)O)CC(F)(F)C1. The number of rotatable bonds is 8. The Hall–Kier alpha value is -4.69. The second kappa shape index (κ2) is 11.0. The molecule has 4 rings (SSSR count). The normalized spacial score (nSPS) is 16.5. The maximum absolute atomic E-state index is 14.4. The lowest BCUT2D eigenvalue weighted by molar-refractivity contribution is -0.384. The van der Waals surface area contributed by atoms with Gasteiger partial charge in [0.25, 0.3) is 11.6 Å². The molecule has 0 aliphatic carbocycles. The van der Waals surface area contributed by atoms with Crippen molar-refractivity contribution in [3.05, 3.63) is 57.9 Å². The van der Waals surface area contributed by atoms with Gasteiger partial charge in [-0.25, -0.2) is 23.2 Å². The lowest BCUT2D eigenvalue weighted by Gasteiger charge is -2.39. The Balaban J connectivity index is 1.46. The molecule has 0 bridgehead atoms. The van der Waals surface area contributed by atoms with Crippen LogP contribution in [0.3, 0.4) is 0 Å². The Bertz CT molecular complexity index is 1400. The number of benzene rings is 1. The number of carboxylic acids is 1. The summed E-state index contributed by atoms with van der Waals surface area (Å²) in [6, 6.07) is 8.06. The molecule has 0 radical (unpaired) electrons. The number of halogens is 2. The van der Waals surface area contributed by atoms with Gasteiger partial charge in [-0.2, -0.15) is 0 Å². The largest absolute Gasteiger partial charge is 0.514 e. The monoisotopic (exact) mass is 546 g/mol. The van der Waals surface area contributed by atoms with Crippen molar-refractivity contribution >= 4 is 23.5 Å². The minimum absolute atomic E-state index is 0.0516. The Kier molecular flexibility index (Phi) is 7.69. The molecular weight excluding hydrogens is 522 g/mol. The average Bonchev–Trinajstić information content (AvgIpc) is 3.21. The second-order valence-corrected chi connectivity index (χ2v) is 9.11. The number of carboxylic acid groups (broad SMARTS) is 1.